The highest BCUT2D eigenvalue weighted by molar-refractivity contribution is 6.68. The predicted octanol–water partition coefficient (Wildman–Crippen LogP) is 0.739. The number of benzene rings is 4. The fourth-order valence-corrected chi connectivity index (χ4v) is 4.21. The van der Waals surface area contributed by atoms with Crippen molar-refractivity contribution in [1.29, 1.82) is 0 Å². The number of halogens is 1. The van der Waals surface area contributed by atoms with E-state index in [1.165, 1.54) is 0 Å². The summed E-state index contributed by atoms with van der Waals surface area (Å²) < 4.78 is 0. The molecule has 4 aromatic carbocycles. The molecule has 8 heteroatoms. The van der Waals surface area contributed by atoms with Gasteiger partial charge in [0.1, 0.15) is 39.2 Å². The van der Waals surface area contributed by atoms with Gasteiger partial charge in [-0.25, -0.2) is 9.97 Å². The third kappa shape index (κ3) is 3.27. The number of hydrogen-bond acceptors (Lipinski definition) is 2. The van der Waals surface area contributed by atoms with Gasteiger partial charge in [0.05, 0.1) is 11.2 Å². The zero-order chi connectivity index (χ0) is 22.6. The van der Waals surface area contributed by atoms with Crippen molar-refractivity contribution in [1.82, 2.24) is 9.97 Å². The molecular formula is C24H10B5ClN2. The van der Waals surface area contributed by atoms with Crippen LogP contribution in [0.2, 0.25) is 5.28 Å². The summed E-state index contributed by atoms with van der Waals surface area (Å²) in [5, 5.41) is 3.11. The van der Waals surface area contributed by atoms with E-state index in [1.54, 1.807) is 0 Å². The van der Waals surface area contributed by atoms with E-state index in [1.807, 2.05) is 60.7 Å². The van der Waals surface area contributed by atoms with Gasteiger partial charge in [0.2, 0.25) is 5.28 Å². The van der Waals surface area contributed by atoms with Crippen molar-refractivity contribution in [3.8, 4) is 22.4 Å². The van der Waals surface area contributed by atoms with Crippen LogP contribution in [-0.4, -0.2) is 49.2 Å². The lowest BCUT2D eigenvalue weighted by atomic mass is 9.59. The van der Waals surface area contributed by atoms with E-state index in [2.05, 4.69) is 9.97 Å². The first-order valence-electron chi connectivity index (χ1n) is 9.84. The van der Waals surface area contributed by atoms with E-state index in [0.717, 1.165) is 32.8 Å². The van der Waals surface area contributed by atoms with Gasteiger partial charge in [-0.05, 0) is 40.2 Å². The van der Waals surface area contributed by atoms with Gasteiger partial charge >= 0.3 is 0 Å². The number of rotatable bonds is 2. The monoisotopic (exact) mass is 416 g/mol. The highest BCUT2D eigenvalue weighted by Crippen LogP contribution is 2.33. The lowest BCUT2D eigenvalue weighted by Gasteiger charge is -2.21. The Labute approximate surface area is 197 Å². The number of aromatic nitrogens is 2. The number of hydrogen-bond donors (Lipinski definition) is 0. The smallest absolute Gasteiger partial charge is 0.217 e. The summed E-state index contributed by atoms with van der Waals surface area (Å²) in [5.74, 6) is 0. The van der Waals surface area contributed by atoms with Crippen LogP contribution in [0, 0.1) is 0 Å². The third-order valence-corrected chi connectivity index (χ3v) is 5.86. The average Bonchev–Trinajstić information content (AvgIpc) is 2.81. The van der Waals surface area contributed by atoms with Gasteiger partial charge < -0.3 is 0 Å². The van der Waals surface area contributed by atoms with E-state index in [0.29, 0.717) is 11.3 Å². The van der Waals surface area contributed by atoms with Gasteiger partial charge in [0.15, 0.2) is 0 Å². The first-order chi connectivity index (χ1) is 15.4. The molecule has 138 valence electrons. The van der Waals surface area contributed by atoms with E-state index in [9.17, 15) is 0 Å². The van der Waals surface area contributed by atoms with Crippen molar-refractivity contribution in [2.24, 2.45) is 0 Å². The second-order valence-corrected chi connectivity index (χ2v) is 7.89. The first-order valence-corrected chi connectivity index (χ1v) is 10.2. The highest BCUT2D eigenvalue weighted by atomic mass is 35.5. The van der Waals surface area contributed by atoms with Gasteiger partial charge in [-0.15, -0.1) is 16.4 Å². The molecule has 0 unspecified atom stereocenters. The topological polar surface area (TPSA) is 25.8 Å². The van der Waals surface area contributed by atoms with Gasteiger partial charge in [0.25, 0.3) is 0 Å². The summed E-state index contributed by atoms with van der Waals surface area (Å²) in [6, 6.07) is 19.7. The molecule has 10 radical (unpaired) electrons. The van der Waals surface area contributed by atoms with E-state index in [-0.39, 0.29) is 32.6 Å². The van der Waals surface area contributed by atoms with Crippen LogP contribution < -0.4 is 27.3 Å². The van der Waals surface area contributed by atoms with E-state index >= 15 is 0 Å². The Kier molecular flexibility index (Phi) is 5.18. The molecule has 0 aliphatic carbocycles. The van der Waals surface area contributed by atoms with Crippen LogP contribution >= 0.6 is 11.6 Å². The standard InChI is InChI=1S/C24H10B5ClN2/c25-17-16(18(26)20(28)21(29)19(17)27)12-5-3-6-13(10-12)22-15-9-8-11-4-1-2-7-14(11)23(15)32-24(30)31-22/h1-10H. The van der Waals surface area contributed by atoms with Crippen molar-refractivity contribution in [3.63, 3.8) is 0 Å². The van der Waals surface area contributed by atoms with Crippen molar-refractivity contribution >= 4 is 99.8 Å². The molecule has 0 amide bonds. The first kappa shape index (κ1) is 21.0. The van der Waals surface area contributed by atoms with E-state index < -0.39 is 0 Å². The Morgan fingerprint density at radius 3 is 2.00 bits per heavy atom. The molecule has 5 rings (SSSR count). The van der Waals surface area contributed by atoms with Crippen LogP contribution in [0.3, 0.4) is 0 Å². The molecule has 0 fully saturated rings. The minimum absolute atomic E-state index is 0.161. The quantitative estimate of drug-likeness (QED) is 0.241. The Bertz CT molecular complexity index is 1520. The minimum Gasteiger partial charge on any atom is -0.217 e. The molecule has 0 aliphatic rings. The summed E-state index contributed by atoms with van der Waals surface area (Å²) in [5.41, 5.74) is 4.72. The number of fused-ring (bicyclic) bond motifs is 3. The van der Waals surface area contributed by atoms with Crippen LogP contribution in [0.5, 0.6) is 0 Å². The van der Waals surface area contributed by atoms with Gasteiger partial charge in [-0.1, -0.05) is 59.5 Å². The zero-order valence-corrected chi connectivity index (χ0v) is 17.7. The van der Waals surface area contributed by atoms with Crippen LogP contribution in [0.4, 0.5) is 0 Å². The molecule has 0 aliphatic heterocycles. The van der Waals surface area contributed by atoms with Crippen molar-refractivity contribution < 1.29 is 0 Å². The highest BCUT2D eigenvalue weighted by Gasteiger charge is 2.15. The van der Waals surface area contributed by atoms with Gasteiger partial charge in [-0.2, -0.15) is 0 Å². The maximum absolute atomic E-state index is 6.33. The average molecular weight is 416 g/mol. The van der Waals surface area contributed by atoms with Crippen molar-refractivity contribution in [2.45, 2.75) is 0 Å². The summed E-state index contributed by atoms with van der Waals surface area (Å²) in [6.07, 6.45) is 0. The summed E-state index contributed by atoms with van der Waals surface area (Å²) in [6.45, 7) is 0. The Morgan fingerprint density at radius 1 is 0.594 bits per heavy atom. The second kappa shape index (κ2) is 7.90. The summed E-state index contributed by atoms with van der Waals surface area (Å²) in [7, 11) is 30.6. The van der Waals surface area contributed by atoms with Gasteiger partial charge in [-0.3, -0.25) is 0 Å². The lowest BCUT2D eigenvalue weighted by molar-refractivity contribution is 1.23. The molecule has 0 bridgehead atoms. The molecule has 0 atom stereocenters. The molecule has 5 aromatic rings. The SMILES string of the molecule is [B]c1c([B])c([B])c(-c2cccc(-c3nc(Cl)nc4c3ccc3ccccc34)c2)c([B])c1[B]. The van der Waals surface area contributed by atoms with Crippen molar-refractivity contribution in [2.75, 3.05) is 0 Å². The predicted molar refractivity (Wildman–Crippen MR) is 140 cm³/mol. The Morgan fingerprint density at radius 2 is 1.25 bits per heavy atom. The summed E-state index contributed by atoms with van der Waals surface area (Å²) in [4.78, 5) is 9.03. The summed E-state index contributed by atoms with van der Waals surface area (Å²) >= 11 is 6.33. The largest absolute Gasteiger partial charge is 0.223 e. The molecule has 0 saturated carbocycles. The fraction of sp³-hybridized carbons (Fsp3) is 0. The van der Waals surface area contributed by atoms with Crippen LogP contribution in [0.1, 0.15) is 0 Å². The molecule has 0 N–H and O–H groups in total. The van der Waals surface area contributed by atoms with E-state index in [4.69, 9.17) is 50.8 Å². The molecule has 0 saturated heterocycles. The van der Waals surface area contributed by atoms with Crippen LogP contribution in [0.15, 0.2) is 60.7 Å². The molecule has 1 heterocycles. The lowest BCUT2D eigenvalue weighted by Crippen LogP contribution is -2.55. The van der Waals surface area contributed by atoms with Crippen molar-refractivity contribution in [3.05, 3.63) is 65.9 Å². The van der Waals surface area contributed by atoms with Crippen LogP contribution in [-0.2, 0) is 0 Å². The minimum atomic E-state index is 0.161. The normalized spacial score (nSPS) is 11.3. The fourth-order valence-electron chi connectivity index (χ4n) is 4.04. The third-order valence-electron chi connectivity index (χ3n) is 5.69. The molecular weight excluding hydrogens is 406 g/mol. The molecule has 1 aromatic heterocycles. The maximum Gasteiger partial charge on any atom is 0.223 e. The zero-order valence-electron chi connectivity index (χ0n) is 16.9. The molecule has 32 heavy (non-hydrogen) atoms. The Balaban J connectivity index is 1.78. The second-order valence-electron chi connectivity index (χ2n) is 7.55. The maximum atomic E-state index is 6.33. The van der Waals surface area contributed by atoms with Crippen LogP contribution in [0.25, 0.3) is 44.1 Å². The Hall–Kier alpha value is -2.91. The molecule has 2 nitrogen and oxygen atoms in total. The van der Waals surface area contributed by atoms with Gasteiger partial charge in [0, 0.05) is 16.3 Å². The number of nitrogens with zero attached hydrogens (tertiary/aromatic N) is 2. The molecule has 0 spiro atoms.